The van der Waals surface area contributed by atoms with Crippen LogP contribution in [0.15, 0.2) is 24.3 Å². The molecule has 2 aliphatic rings. The Hall–Kier alpha value is -1.64. The van der Waals surface area contributed by atoms with Crippen LogP contribution in [0, 0.1) is 5.92 Å². The van der Waals surface area contributed by atoms with Gasteiger partial charge in [-0.15, -0.1) is 0 Å². The molecule has 23 heavy (non-hydrogen) atoms. The van der Waals surface area contributed by atoms with Crippen LogP contribution in [0.4, 0.5) is 11.4 Å². The molecule has 2 fully saturated rings. The fourth-order valence-corrected chi connectivity index (χ4v) is 4.03. The van der Waals surface area contributed by atoms with E-state index in [1.807, 2.05) is 24.3 Å². The average molecular weight is 339 g/mol. The number of hydrogen-bond donors (Lipinski definition) is 1. The Bertz CT molecular complexity index is 686. The van der Waals surface area contributed by atoms with Crippen LogP contribution in [-0.4, -0.2) is 52.9 Å². The molecular weight excluding hydrogens is 318 g/mol. The first-order valence-corrected chi connectivity index (χ1v) is 9.37. The second-order valence-corrected chi connectivity index (χ2v) is 7.68. The zero-order valence-electron chi connectivity index (χ0n) is 12.8. The molecule has 0 radical (unpaired) electrons. The number of carbonyl (C=O) groups excluding carboxylic acids is 1. The maximum absolute atomic E-state index is 12.2. The summed E-state index contributed by atoms with van der Waals surface area (Å²) in [5.74, 6) is -0.458. The van der Waals surface area contributed by atoms with Gasteiger partial charge in [-0.3, -0.25) is 4.79 Å². The summed E-state index contributed by atoms with van der Waals surface area (Å²) in [4.78, 5) is 16.1. The first-order chi connectivity index (χ1) is 10.9. The van der Waals surface area contributed by atoms with E-state index in [0.29, 0.717) is 19.8 Å². The number of carbonyl (C=O) groups is 1. The lowest BCUT2D eigenvalue weighted by Gasteiger charge is -2.29. The molecule has 2 heterocycles. The van der Waals surface area contributed by atoms with Crippen LogP contribution < -0.4 is 14.9 Å². The van der Waals surface area contributed by atoms with Crippen molar-refractivity contribution in [3.8, 4) is 0 Å². The van der Waals surface area contributed by atoms with Crippen molar-refractivity contribution >= 4 is 27.3 Å². The molecule has 0 aromatic heterocycles. The van der Waals surface area contributed by atoms with Gasteiger partial charge >= 0.3 is 0 Å². The Balaban J connectivity index is 1.75. The number of nitrogens with two attached hydrogens (primary N) is 1. The summed E-state index contributed by atoms with van der Waals surface area (Å²) in [5, 5.41) is 5.09. The van der Waals surface area contributed by atoms with Gasteiger partial charge in [-0.1, -0.05) is 6.07 Å². The summed E-state index contributed by atoms with van der Waals surface area (Å²) in [5.41, 5.74) is 1.85. The van der Waals surface area contributed by atoms with Gasteiger partial charge in [0.15, 0.2) is 0 Å². The first kappa shape index (κ1) is 16.2. The average Bonchev–Trinajstić information content (AvgIpc) is 2.87. The van der Waals surface area contributed by atoms with Crippen molar-refractivity contribution in [1.82, 2.24) is 0 Å². The lowest BCUT2D eigenvalue weighted by molar-refractivity contribution is -0.117. The summed E-state index contributed by atoms with van der Waals surface area (Å²) >= 11 is 0. The second kappa shape index (κ2) is 6.46. The number of amides is 1. The number of nitrogens with zero attached hydrogens (tertiary/aromatic N) is 2. The van der Waals surface area contributed by atoms with Gasteiger partial charge < -0.3 is 14.5 Å². The van der Waals surface area contributed by atoms with Crippen molar-refractivity contribution in [2.45, 2.75) is 6.42 Å². The van der Waals surface area contributed by atoms with Crippen molar-refractivity contribution in [3.63, 3.8) is 0 Å². The molecule has 0 spiro atoms. The van der Waals surface area contributed by atoms with Crippen molar-refractivity contribution in [2.75, 3.05) is 48.4 Å². The minimum Gasteiger partial charge on any atom is -0.378 e. The molecule has 2 aliphatic heterocycles. The fraction of sp³-hybridized carbons (Fsp3) is 0.533. The maximum Gasteiger partial charge on any atom is 0.227 e. The normalized spacial score (nSPS) is 22.7. The molecule has 2 N–H and O–H groups in total. The SMILES string of the molecule is NS(=O)(=O)CC1CC(=O)N(c2cccc(N3CCOCC3)c2)C1. The zero-order valence-corrected chi connectivity index (χ0v) is 13.7. The van der Waals surface area contributed by atoms with E-state index in [0.717, 1.165) is 24.5 Å². The number of sulfonamides is 1. The first-order valence-electron chi connectivity index (χ1n) is 7.66. The Kier molecular flexibility index (Phi) is 4.56. The number of benzene rings is 1. The molecule has 1 atom stereocenters. The standard InChI is InChI=1S/C15H21N3O4S/c16-23(20,21)11-12-8-15(19)18(10-12)14-3-1-2-13(9-14)17-4-6-22-7-5-17/h1-3,9,12H,4-8,10-11H2,(H2,16,20,21). The predicted octanol–water partition coefficient (Wildman–Crippen LogP) is 0.165. The van der Waals surface area contributed by atoms with E-state index in [4.69, 9.17) is 9.88 Å². The van der Waals surface area contributed by atoms with Crippen LogP contribution in [0.25, 0.3) is 0 Å². The molecule has 3 rings (SSSR count). The molecule has 2 saturated heterocycles. The molecule has 0 aliphatic carbocycles. The minimum absolute atomic E-state index is 0.0576. The van der Waals surface area contributed by atoms with Crippen molar-refractivity contribution in [3.05, 3.63) is 24.3 Å². The maximum atomic E-state index is 12.2. The third-order valence-electron chi connectivity index (χ3n) is 4.19. The molecule has 1 amide bonds. The third kappa shape index (κ3) is 4.01. The van der Waals surface area contributed by atoms with Crippen LogP contribution in [-0.2, 0) is 19.6 Å². The van der Waals surface area contributed by atoms with Crippen molar-refractivity contribution in [1.29, 1.82) is 0 Å². The molecule has 0 saturated carbocycles. The van der Waals surface area contributed by atoms with Gasteiger partial charge in [-0.25, -0.2) is 13.6 Å². The highest BCUT2D eigenvalue weighted by molar-refractivity contribution is 7.89. The van der Waals surface area contributed by atoms with E-state index in [2.05, 4.69) is 4.90 Å². The fourth-order valence-electron chi connectivity index (χ4n) is 3.15. The van der Waals surface area contributed by atoms with Crippen molar-refractivity contribution in [2.24, 2.45) is 11.1 Å². The van der Waals surface area contributed by atoms with Crippen LogP contribution in [0.2, 0.25) is 0 Å². The zero-order chi connectivity index (χ0) is 16.4. The molecule has 1 aromatic carbocycles. The summed E-state index contributed by atoms with van der Waals surface area (Å²) in [6, 6.07) is 7.78. The van der Waals surface area contributed by atoms with Gasteiger partial charge in [0.2, 0.25) is 15.9 Å². The van der Waals surface area contributed by atoms with Gasteiger partial charge in [0.25, 0.3) is 0 Å². The van der Waals surface area contributed by atoms with Crippen LogP contribution in [0.5, 0.6) is 0 Å². The lowest BCUT2D eigenvalue weighted by Crippen LogP contribution is -2.36. The van der Waals surface area contributed by atoms with Gasteiger partial charge in [0.05, 0.1) is 19.0 Å². The molecule has 0 bridgehead atoms. The number of morpholine rings is 1. The highest BCUT2D eigenvalue weighted by Gasteiger charge is 2.33. The van der Waals surface area contributed by atoms with Crippen molar-refractivity contribution < 1.29 is 17.9 Å². The molecule has 1 unspecified atom stereocenters. The quantitative estimate of drug-likeness (QED) is 0.844. The predicted molar refractivity (Wildman–Crippen MR) is 87.9 cm³/mol. The molecule has 1 aromatic rings. The number of primary sulfonamides is 1. The number of anilines is 2. The van der Waals surface area contributed by atoms with Gasteiger partial charge in [0.1, 0.15) is 0 Å². The van der Waals surface area contributed by atoms with Gasteiger partial charge in [-0.2, -0.15) is 0 Å². The molecule has 7 nitrogen and oxygen atoms in total. The topological polar surface area (TPSA) is 92.9 Å². The smallest absolute Gasteiger partial charge is 0.227 e. The Labute approximate surface area is 136 Å². The summed E-state index contributed by atoms with van der Waals surface area (Å²) in [6.07, 6.45) is 0.220. The van der Waals surface area contributed by atoms with E-state index in [-0.39, 0.29) is 24.0 Å². The molecule has 126 valence electrons. The van der Waals surface area contributed by atoms with Crippen LogP contribution in [0.1, 0.15) is 6.42 Å². The summed E-state index contributed by atoms with van der Waals surface area (Å²) in [6.45, 7) is 3.44. The Morgan fingerprint density at radius 1 is 1.22 bits per heavy atom. The molecular formula is C15H21N3O4S. The largest absolute Gasteiger partial charge is 0.378 e. The third-order valence-corrected chi connectivity index (χ3v) is 5.13. The van der Waals surface area contributed by atoms with Gasteiger partial charge in [0, 0.05) is 43.3 Å². The van der Waals surface area contributed by atoms with E-state index in [1.165, 1.54) is 0 Å². The highest BCUT2D eigenvalue weighted by atomic mass is 32.2. The lowest BCUT2D eigenvalue weighted by atomic mass is 10.1. The molecule has 8 heteroatoms. The Morgan fingerprint density at radius 3 is 2.61 bits per heavy atom. The van der Waals surface area contributed by atoms with E-state index in [9.17, 15) is 13.2 Å². The minimum atomic E-state index is -3.56. The van der Waals surface area contributed by atoms with Crippen LogP contribution in [0.3, 0.4) is 0 Å². The number of hydrogen-bond acceptors (Lipinski definition) is 5. The van der Waals surface area contributed by atoms with E-state index < -0.39 is 10.0 Å². The van der Waals surface area contributed by atoms with Crippen LogP contribution >= 0.6 is 0 Å². The Morgan fingerprint density at radius 2 is 1.91 bits per heavy atom. The monoisotopic (exact) mass is 339 g/mol. The van der Waals surface area contributed by atoms with E-state index >= 15 is 0 Å². The summed E-state index contributed by atoms with van der Waals surface area (Å²) < 4.78 is 27.8. The van der Waals surface area contributed by atoms with Gasteiger partial charge in [-0.05, 0) is 18.2 Å². The second-order valence-electron chi connectivity index (χ2n) is 6.02. The number of rotatable bonds is 4. The highest BCUT2D eigenvalue weighted by Crippen LogP contribution is 2.29. The summed E-state index contributed by atoms with van der Waals surface area (Å²) in [7, 11) is -3.56. The number of ether oxygens (including phenoxy) is 1. The van der Waals surface area contributed by atoms with E-state index in [1.54, 1.807) is 4.90 Å².